The van der Waals surface area contributed by atoms with E-state index in [4.69, 9.17) is 14.1 Å². The Morgan fingerprint density at radius 1 is 1.26 bits per heavy atom. The molecule has 0 unspecified atom stereocenters. The van der Waals surface area contributed by atoms with Crippen molar-refractivity contribution < 1.29 is 42.3 Å². The first-order valence-corrected chi connectivity index (χ1v) is 10.3. The number of hydrogen-bond acceptors (Lipinski definition) is 7. The first kappa shape index (κ1) is 24.8. The summed E-state index contributed by atoms with van der Waals surface area (Å²) < 4.78 is 41.2. The number of ether oxygens (including phenoxy) is 2. The number of ketones is 1. The van der Waals surface area contributed by atoms with Gasteiger partial charge in [-0.3, -0.25) is 9.59 Å². The first-order chi connectivity index (χ1) is 14.6. The molecule has 0 bridgehead atoms. The molecular formula is C21H27BF2O7. The van der Waals surface area contributed by atoms with Gasteiger partial charge < -0.3 is 19.2 Å². The zero-order valence-corrected chi connectivity index (χ0v) is 17.7. The average molecular weight is 440 g/mol. The number of halogens is 2. The lowest BCUT2D eigenvalue weighted by Gasteiger charge is -2.28. The second-order valence-corrected chi connectivity index (χ2v) is 7.75. The van der Waals surface area contributed by atoms with E-state index in [0.717, 1.165) is 13.3 Å². The lowest BCUT2D eigenvalue weighted by Crippen LogP contribution is -2.36. The van der Waals surface area contributed by atoms with Gasteiger partial charge in [0.1, 0.15) is 17.1 Å². The summed E-state index contributed by atoms with van der Waals surface area (Å²) in [6.45, 7) is 2.15. The van der Waals surface area contributed by atoms with Crippen LogP contribution in [0.3, 0.4) is 0 Å². The van der Waals surface area contributed by atoms with Gasteiger partial charge in [-0.25, -0.2) is 13.6 Å². The number of esters is 2. The average Bonchev–Trinajstić information content (AvgIpc) is 2.70. The molecule has 1 atom stereocenters. The second kappa shape index (κ2) is 11.2. The number of unbranched alkanes of at least 4 members (excludes halogenated alkanes) is 1. The highest BCUT2D eigenvalue weighted by molar-refractivity contribution is 6.47. The van der Waals surface area contributed by atoms with E-state index in [0.29, 0.717) is 12.0 Å². The Bertz CT molecular complexity index is 794. The van der Waals surface area contributed by atoms with Gasteiger partial charge in [-0.15, -0.1) is 0 Å². The number of Topliss-reactive ketones (excluding diaryl/α,β-unsaturated/α-hetero) is 1. The van der Waals surface area contributed by atoms with E-state index >= 15 is 0 Å². The second-order valence-electron chi connectivity index (χ2n) is 7.75. The van der Waals surface area contributed by atoms with E-state index in [1.807, 2.05) is 6.92 Å². The minimum absolute atomic E-state index is 0.0524. The fourth-order valence-electron chi connectivity index (χ4n) is 3.19. The van der Waals surface area contributed by atoms with Gasteiger partial charge >= 0.3 is 19.1 Å². The Morgan fingerprint density at radius 3 is 2.68 bits per heavy atom. The van der Waals surface area contributed by atoms with Crippen LogP contribution in [-0.4, -0.2) is 42.6 Å². The predicted molar refractivity (Wildman–Crippen MR) is 108 cm³/mol. The summed E-state index contributed by atoms with van der Waals surface area (Å²) >= 11 is 0. The molecule has 1 aromatic rings. The highest BCUT2D eigenvalue weighted by Crippen LogP contribution is 2.37. The van der Waals surface area contributed by atoms with Crippen LogP contribution in [-0.2, 0) is 25.5 Å². The SMILES string of the molecule is CCCCC(=O)OCOC(=O)c1cccc2c1OB(O)[C@@H](CC(=O)CCC(C)(F)F)C2. The van der Waals surface area contributed by atoms with E-state index in [-0.39, 0.29) is 37.0 Å². The normalized spacial score (nSPS) is 15.6. The molecule has 0 saturated carbocycles. The Labute approximate surface area is 180 Å². The number of alkyl halides is 2. The Kier molecular flexibility index (Phi) is 8.97. The molecule has 0 saturated heterocycles. The van der Waals surface area contributed by atoms with Crippen molar-refractivity contribution in [3.8, 4) is 5.75 Å². The Balaban J connectivity index is 1.96. The summed E-state index contributed by atoms with van der Waals surface area (Å²) in [5.41, 5.74) is 0.634. The monoisotopic (exact) mass is 440 g/mol. The summed E-state index contributed by atoms with van der Waals surface area (Å²) in [6, 6.07) is 4.72. The van der Waals surface area contributed by atoms with Gasteiger partial charge in [0, 0.05) is 31.5 Å². The summed E-state index contributed by atoms with van der Waals surface area (Å²) in [5.74, 6) is -5.06. The van der Waals surface area contributed by atoms with Crippen molar-refractivity contribution in [2.75, 3.05) is 6.79 Å². The molecule has 1 aromatic carbocycles. The molecule has 10 heteroatoms. The minimum atomic E-state index is -2.93. The number of para-hydroxylation sites is 1. The highest BCUT2D eigenvalue weighted by Gasteiger charge is 2.38. The highest BCUT2D eigenvalue weighted by atomic mass is 19.3. The van der Waals surface area contributed by atoms with Crippen LogP contribution in [0.15, 0.2) is 18.2 Å². The number of rotatable bonds is 11. The smallest absolute Gasteiger partial charge is 0.526 e. The quantitative estimate of drug-likeness (QED) is 0.318. The fourth-order valence-corrected chi connectivity index (χ4v) is 3.19. The molecule has 0 fully saturated rings. The van der Waals surface area contributed by atoms with Gasteiger partial charge in [-0.1, -0.05) is 25.5 Å². The van der Waals surface area contributed by atoms with Crippen LogP contribution < -0.4 is 4.65 Å². The van der Waals surface area contributed by atoms with Crippen molar-refractivity contribution in [3.05, 3.63) is 29.3 Å². The van der Waals surface area contributed by atoms with Crippen molar-refractivity contribution in [1.29, 1.82) is 0 Å². The molecule has 1 N–H and O–H groups in total. The maximum absolute atomic E-state index is 12.9. The number of carbonyl (C=O) groups is 3. The zero-order valence-electron chi connectivity index (χ0n) is 17.7. The van der Waals surface area contributed by atoms with Gasteiger partial charge in [0.25, 0.3) is 0 Å². The van der Waals surface area contributed by atoms with Crippen molar-refractivity contribution in [1.82, 2.24) is 0 Å². The van der Waals surface area contributed by atoms with Crippen LogP contribution in [0, 0.1) is 0 Å². The fraction of sp³-hybridized carbons (Fsp3) is 0.571. The van der Waals surface area contributed by atoms with E-state index in [2.05, 4.69) is 0 Å². The summed E-state index contributed by atoms with van der Waals surface area (Å²) in [6.07, 6.45) is 1.03. The Hall–Kier alpha value is -2.49. The van der Waals surface area contributed by atoms with Crippen LogP contribution in [0.4, 0.5) is 8.78 Å². The van der Waals surface area contributed by atoms with Crippen LogP contribution in [0.5, 0.6) is 5.75 Å². The van der Waals surface area contributed by atoms with Gasteiger partial charge in [0.05, 0.1) is 0 Å². The van der Waals surface area contributed by atoms with Crippen LogP contribution in [0.2, 0.25) is 5.82 Å². The summed E-state index contributed by atoms with van der Waals surface area (Å²) in [5, 5.41) is 10.3. The number of hydrogen-bond donors (Lipinski definition) is 1. The molecule has 0 aliphatic carbocycles. The lowest BCUT2D eigenvalue weighted by molar-refractivity contribution is -0.152. The van der Waals surface area contributed by atoms with Crippen molar-refractivity contribution >= 4 is 24.8 Å². The standard InChI is InChI=1S/C21H27BF2O7/c1-3-4-8-18(26)29-13-30-20(27)17-7-5-6-14-11-15(22(28)31-19(14)17)12-16(25)9-10-21(2,23)24/h5-7,15,28H,3-4,8-13H2,1-2H3/t15-/m1/s1. The molecule has 0 aromatic heterocycles. The number of benzene rings is 1. The molecule has 31 heavy (non-hydrogen) atoms. The van der Waals surface area contributed by atoms with Gasteiger partial charge in [-0.05, 0) is 31.4 Å². The third-order valence-corrected chi connectivity index (χ3v) is 4.92. The molecule has 1 aliphatic heterocycles. The van der Waals surface area contributed by atoms with Gasteiger partial charge in [0.15, 0.2) is 0 Å². The van der Waals surface area contributed by atoms with Crippen LogP contribution >= 0.6 is 0 Å². The van der Waals surface area contributed by atoms with E-state index in [1.54, 1.807) is 12.1 Å². The number of fused-ring (bicyclic) bond motifs is 1. The molecule has 1 heterocycles. The molecule has 1 aliphatic rings. The topological polar surface area (TPSA) is 99.1 Å². The van der Waals surface area contributed by atoms with E-state index in [9.17, 15) is 28.2 Å². The van der Waals surface area contributed by atoms with Gasteiger partial charge in [-0.2, -0.15) is 0 Å². The predicted octanol–water partition coefficient (Wildman–Crippen LogP) is 3.71. The summed E-state index contributed by atoms with van der Waals surface area (Å²) in [7, 11) is -1.38. The zero-order chi connectivity index (χ0) is 23.0. The summed E-state index contributed by atoms with van der Waals surface area (Å²) in [4.78, 5) is 35.9. The van der Waals surface area contributed by atoms with Crippen LogP contribution in [0.1, 0.15) is 68.3 Å². The first-order valence-electron chi connectivity index (χ1n) is 10.3. The van der Waals surface area contributed by atoms with E-state index in [1.165, 1.54) is 6.07 Å². The van der Waals surface area contributed by atoms with Gasteiger partial charge in [0.2, 0.25) is 12.7 Å². The molecule has 0 spiro atoms. The van der Waals surface area contributed by atoms with Crippen molar-refractivity contribution in [3.63, 3.8) is 0 Å². The third kappa shape index (κ3) is 7.93. The maximum atomic E-state index is 12.9. The largest absolute Gasteiger partial charge is 0.535 e. The minimum Gasteiger partial charge on any atom is -0.535 e. The van der Waals surface area contributed by atoms with E-state index < -0.39 is 49.8 Å². The van der Waals surface area contributed by atoms with Crippen LogP contribution in [0.25, 0.3) is 0 Å². The molecular weight excluding hydrogens is 413 g/mol. The van der Waals surface area contributed by atoms with Crippen molar-refractivity contribution in [2.45, 2.75) is 70.5 Å². The molecule has 170 valence electrons. The third-order valence-electron chi connectivity index (χ3n) is 4.92. The molecule has 7 nitrogen and oxygen atoms in total. The molecule has 0 amide bonds. The molecule has 0 radical (unpaired) electrons. The Morgan fingerprint density at radius 2 is 2.00 bits per heavy atom. The lowest BCUT2D eigenvalue weighted by atomic mass is 9.64. The molecule has 2 rings (SSSR count). The van der Waals surface area contributed by atoms with Crippen molar-refractivity contribution in [2.24, 2.45) is 0 Å². The maximum Gasteiger partial charge on any atom is 0.526 e. The number of carbonyl (C=O) groups excluding carboxylic acids is 3.